The third kappa shape index (κ3) is 5.41. The predicted molar refractivity (Wildman–Crippen MR) is 74.2 cm³/mol. The van der Waals surface area contributed by atoms with Gasteiger partial charge in [-0.3, -0.25) is 0 Å². The minimum atomic E-state index is -4.76. The van der Waals surface area contributed by atoms with E-state index in [1.54, 1.807) is 20.8 Å². The van der Waals surface area contributed by atoms with Crippen LogP contribution in [0, 0.1) is 11.3 Å². The number of nitrogens with one attached hydrogen (secondary N) is 1. The van der Waals surface area contributed by atoms with Crippen molar-refractivity contribution in [3.8, 4) is 6.07 Å². The van der Waals surface area contributed by atoms with Gasteiger partial charge in [0.05, 0.1) is 21.8 Å². The highest BCUT2D eigenvalue weighted by Gasteiger charge is 2.56. The second-order valence-corrected chi connectivity index (χ2v) is 7.78. The topological polar surface area (TPSA) is 52.9 Å². The van der Waals surface area contributed by atoms with Gasteiger partial charge in [-0.05, 0) is 27.2 Å². The Morgan fingerprint density at radius 2 is 1.70 bits per heavy atom. The Hall–Kier alpha value is -0.610. The average Bonchev–Trinajstić information content (AvgIpc) is 2.30. The van der Waals surface area contributed by atoms with Crippen molar-refractivity contribution in [3.63, 3.8) is 0 Å². The standard InChI is InChI=1S/C13H23F3N2OS/c1-5-6-7-8-9-12(10-17,13(14,15)16)18-20(19)11(2,3)4/h18H,5-9H2,1-4H3/t12-,20-/m1/s1. The maximum absolute atomic E-state index is 13.2. The second-order valence-electron chi connectivity index (χ2n) is 5.81. The van der Waals surface area contributed by atoms with Crippen molar-refractivity contribution in [1.82, 2.24) is 4.72 Å². The summed E-state index contributed by atoms with van der Waals surface area (Å²) in [5.41, 5.74) is -2.74. The van der Waals surface area contributed by atoms with Crippen molar-refractivity contribution in [3.05, 3.63) is 0 Å². The van der Waals surface area contributed by atoms with Crippen LogP contribution in [0.5, 0.6) is 0 Å². The van der Waals surface area contributed by atoms with E-state index in [1.807, 2.05) is 11.6 Å². The zero-order valence-corrected chi connectivity index (χ0v) is 13.2. The summed E-state index contributed by atoms with van der Waals surface area (Å²) in [5, 5.41) is 9.02. The van der Waals surface area contributed by atoms with Gasteiger partial charge in [-0.1, -0.05) is 32.6 Å². The summed E-state index contributed by atoms with van der Waals surface area (Å²) in [6.07, 6.45) is -2.52. The Morgan fingerprint density at radius 1 is 1.15 bits per heavy atom. The molecule has 0 rings (SSSR count). The molecule has 0 radical (unpaired) electrons. The number of hydrogen-bond donors (Lipinski definition) is 1. The molecule has 0 aromatic carbocycles. The van der Waals surface area contributed by atoms with Crippen molar-refractivity contribution in [2.75, 3.05) is 0 Å². The molecule has 118 valence electrons. The molecule has 0 aromatic rings. The fourth-order valence-corrected chi connectivity index (χ4v) is 2.41. The van der Waals surface area contributed by atoms with Crippen molar-refractivity contribution in [2.24, 2.45) is 0 Å². The van der Waals surface area contributed by atoms with Gasteiger partial charge in [0, 0.05) is 0 Å². The van der Waals surface area contributed by atoms with Gasteiger partial charge in [-0.15, -0.1) is 0 Å². The lowest BCUT2D eigenvalue weighted by Crippen LogP contribution is -2.58. The molecule has 0 saturated heterocycles. The molecule has 0 aliphatic rings. The molecule has 20 heavy (non-hydrogen) atoms. The van der Waals surface area contributed by atoms with Crippen LogP contribution >= 0.6 is 0 Å². The third-order valence-electron chi connectivity index (χ3n) is 2.90. The molecular formula is C13H23F3N2OS. The summed E-state index contributed by atoms with van der Waals surface area (Å²) in [5.74, 6) is 0. The molecular weight excluding hydrogens is 289 g/mol. The highest BCUT2D eigenvalue weighted by molar-refractivity contribution is 7.84. The summed E-state index contributed by atoms with van der Waals surface area (Å²) in [7, 11) is -1.95. The maximum Gasteiger partial charge on any atom is 0.420 e. The summed E-state index contributed by atoms with van der Waals surface area (Å²) in [6.45, 7) is 6.64. The molecule has 0 fully saturated rings. The summed E-state index contributed by atoms with van der Waals surface area (Å²) in [4.78, 5) is 0. The lowest BCUT2D eigenvalue weighted by molar-refractivity contribution is -0.175. The first-order valence-electron chi connectivity index (χ1n) is 6.68. The lowest BCUT2D eigenvalue weighted by Gasteiger charge is -2.32. The van der Waals surface area contributed by atoms with E-state index in [4.69, 9.17) is 5.26 Å². The van der Waals surface area contributed by atoms with Gasteiger partial charge >= 0.3 is 6.18 Å². The largest absolute Gasteiger partial charge is 0.420 e. The van der Waals surface area contributed by atoms with E-state index >= 15 is 0 Å². The second kappa shape index (κ2) is 7.41. The molecule has 0 unspecified atom stereocenters. The zero-order valence-electron chi connectivity index (χ0n) is 12.4. The van der Waals surface area contributed by atoms with Gasteiger partial charge in [-0.25, -0.2) is 8.93 Å². The number of rotatable bonds is 7. The van der Waals surface area contributed by atoms with Gasteiger partial charge in [-0.2, -0.15) is 18.4 Å². The van der Waals surface area contributed by atoms with E-state index in [2.05, 4.69) is 0 Å². The Kier molecular flexibility index (Phi) is 7.19. The van der Waals surface area contributed by atoms with E-state index in [9.17, 15) is 17.4 Å². The van der Waals surface area contributed by atoms with Crippen molar-refractivity contribution < 1.29 is 17.4 Å². The normalized spacial score (nSPS) is 17.3. The molecule has 2 atom stereocenters. The van der Waals surface area contributed by atoms with Crippen molar-refractivity contribution >= 4 is 11.0 Å². The molecule has 0 bridgehead atoms. The fraction of sp³-hybridized carbons (Fsp3) is 0.923. The number of alkyl halides is 3. The van der Waals surface area contributed by atoms with Gasteiger partial charge in [0.2, 0.25) is 5.54 Å². The summed E-state index contributed by atoms with van der Waals surface area (Å²) in [6, 6.07) is 1.31. The zero-order chi connectivity index (χ0) is 16.0. The minimum Gasteiger partial charge on any atom is -0.242 e. The van der Waals surface area contributed by atoms with E-state index in [0.717, 1.165) is 12.8 Å². The first-order chi connectivity index (χ1) is 9.00. The van der Waals surface area contributed by atoms with Crippen LogP contribution in [-0.4, -0.2) is 20.7 Å². The van der Waals surface area contributed by atoms with Gasteiger partial charge in [0.15, 0.2) is 0 Å². The van der Waals surface area contributed by atoms with Crippen molar-refractivity contribution in [1.29, 1.82) is 5.26 Å². The third-order valence-corrected chi connectivity index (χ3v) is 4.55. The molecule has 0 aliphatic carbocycles. The fourth-order valence-electron chi connectivity index (χ4n) is 1.52. The molecule has 0 aromatic heterocycles. The quantitative estimate of drug-likeness (QED) is 0.726. The number of nitriles is 1. The number of hydrogen-bond acceptors (Lipinski definition) is 2. The number of unbranched alkanes of at least 4 members (excludes halogenated alkanes) is 3. The maximum atomic E-state index is 13.2. The molecule has 0 amide bonds. The minimum absolute atomic E-state index is 0.273. The highest BCUT2D eigenvalue weighted by Crippen LogP contribution is 2.35. The van der Waals surface area contributed by atoms with Crippen LogP contribution in [0.1, 0.15) is 59.8 Å². The first kappa shape index (κ1) is 19.4. The summed E-state index contributed by atoms with van der Waals surface area (Å²) < 4.78 is 52.7. The van der Waals surface area contributed by atoms with Crippen LogP contribution in [0.4, 0.5) is 13.2 Å². The molecule has 0 aliphatic heterocycles. The first-order valence-corrected chi connectivity index (χ1v) is 7.83. The Labute approximate surface area is 121 Å². The van der Waals surface area contributed by atoms with Gasteiger partial charge < -0.3 is 0 Å². The average molecular weight is 312 g/mol. The molecule has 3 nitrogen and oxygen atoms in total. The Morgan fingerprint density at radius 3 is 2.05 bits per heavy atom. The van der Waals surface area contributed by atoms with Crippen LogP contribution in [0.3, 0.4) is 0 Å². The molecule has 7 heteroatoms. The predicted octanol–water partition coefficient (Wildman–Crippen LogP) is 3.83. The SMILES string of the molecule is CCCCCC[C@](C#N)(N[S@](=O)C(C)(C)C)C(F)(F)F. The molecule has 0 heterocycles. The van der Waals surface area contributed by atoms with E-state index in [-0.39, 0.29) is 12.8 Å². The lowest BCUT2D eigenvalue weighted by atomic mass is 9.94. The van der Waals surface area contributed by atoms with Crippen LogP contribution in [0.2, 0.25) is 0 Å². The van der Waals surface area contributed by atoms with Crippen molar-refractivity contribution in [2.45, 2.75) is 76.3 Å². The van der Waals surface area contributed by atoms with E-state index < -0.39 is 27.4 Å². The van der Waals surface area contributed by atoms with Crippen LogP contribution < -0.4 is 4.72 Å². The molecule has 0 saturated carbocycles. The van der Waals surface area contributed by atoms with Crippen LogP contribution in [0.15, 0.2) is 0 Å². The highest BCUT2D eigenvalue weighted by atomic mass is 32.2. The van der Waals surface area contributed by atoms with Crippen LogP contribution in [0.25, 0.3) is 0 Å². The monoisotopic (exact) mass is 312 g/mol. The van der Waals surface area contributed by atoms with Crippen LogP contribution in [-0.2, 0) is 11.0 Å². The number of nitrogens with zero attached hydrogens (tertiary/aromatic N) is 1. The Bertz CT molecular complexity index is 371. The number of halogens is 3. The van der Waals surface area contributed by atoms with E-state index in [0.29, 0.717) is 6.42 Å². The summed E-state index contributed by atoms with van der Waals surface area (Å²) >= 11 is 0. The smallest absolute Gasteiger partial charge is 0.242 e. The van der Waals surface area contributed by atoms with Gasteiger partial charge in [0.1, 0.15) is 0 Å². The molecule has 1 N–H and O–H groups in total. The molecule has 0 spiro atoms. The Balaban J connectivity index is 5.07. The van der Waals surface area contributed by atoms with Gasteiger partial charge in [0.25, 0.3) is 0 Å². The van der Waals surface area contributed by atoms with E-state index in [1.165, 1.54) is 6.07 Å².